The first-order valence-corrected chi connectivity index (χ1v) is 9.99. The summed E-state index contributed by atoms with van der Waals surface area (Å²) >= 11 is 12.4. The molecule has 0 unspecified atom stereocenters. The average molecular weight is 470 g/mol. The van der Waals surface area contributed by atoms with Crippen LogP contribution in [0.1, 0.15) is 39.6 Å². The summed E-state index contributed by atoms with van der Waals surface area (Å²) in [6.07, 6.45) is -0.761. The number of carbonyl (C=O) groups excluding carboxylic acids is 1. The third-order valence-corrected chi connectivity index (χ3v) is 4.80. The Balaban J connectivity index is 2.27. The van der Waals surface area contributed by atoms with Crippen LogP contribution in [0.4, 0.5) is 13.6 Å². The van der Waals surface area contributed by atoms with Crippen molar-refractivity contribution < 1.29 is 18.3 Å². The Morgan fingerprint density at radius 3 is 2.29 bits per heavy atom. The highest BCUT2D eigenvalue weighted by Crippen LogP contribution is 2.28. The van der Waals surface area contributed by atoms with Gasteiger partial charge in [0.25, 0.3) is 5.56 Å². The predicted molar refractivity (Wildman–Crippen MR) is 115 cm³/mol. The van der Waals surface area contributed by atoms with Crippen LogP contribution in [0.15, 0.2) is 35.1 Å². The van der Waals surface area contributed by atoms with E-state index in [1.165, 1.54) is 12.1 Å². The lowest BCUT2D eigenvalue weighted by molar-refractivity contribution is 0.0505. The molecule has 1 heterocycles. The van der Waals surface area contributed by atoms with E-state index in [1.807, 2.05) is 0 Å². The van der Waals surface area contributed by atoms with Crippen molar-refractivity contribution in [2.75, 3.05) is 0 Å². The number of hydrogen-bond acceptors (Lipinski definition) is 4. The predicted octanol–water partition coefficient (Wildman–Crippen LogP) is 5.56. The standard InChI is InChI=1S/C21H19Cl2F2N3O3/c1-10(26-20(30)31-21(2,3)4)18-27-17-15(23)6-5-14(22)16(17)19(29)28(18)13-8-11(24)7-12(25)9-13/h5-10H,1-4H3,(H,26,30)/t10-/m0/s1. The van der Waals surface area contributed by atoms with Crippen LogP contribution in [0.3, 0.4) is 0 Å². The lowest BCUT2D eigenvalue weighted by atomic mass is 10.2. The minimum absolute atomic E-state index is 0.0162. The van der Waals surface area contributed by atoms with Crippen LogP contribution in [-0.2, 0) is 4.74 Å². The molecule has 0 aliphatic heterocycles. The van der Waals surface area contributed by atoms with E-state index in [1.54, 1.807) is 27.7 Å². The van der Waals surface area contributed by atoms with Crippen LogP contribution in [0.2, 0.25) is 10.0 Å². The van der Waals surface area contributed by atoms with E-state index in [4.69, 9.17) is 27.9 Å². The molecule has 0 aliphatic rings. The van der Waals surface area contributed by atoms with Crippen molar-refractivity contribution in [3.63, 3.8) is 0 Å². The second-order valence-electron chi connectivity index (χ2n) is 7.86. The number of aromatic nitrogens is 2. The summed E-state index contributed by atoms with van der Waals surface area (Å²) in [4.78, 5) is 30.0. The summed E-state index contributed by atoms with van der Waals surface area (Å²) < 4.78 is 34.1. The number of ether oxygens (including phenoxy) is 1. The van der Waals surface area contributed by atoms with Gasteiger partial charge >= 0.3 is 6.09 Å². The highest BCUT2D eigenvalue weighted by Gasteiger charge is 2.24. The number of amides is 1. The fourth-order valence-corrected chi connectivity index (χ4v) is 3.42. The lowest BCUT2D eigenvalue weighted by Crippen LogP contribution is -2.37. The van der Waals surface area contributed by atoms with Gasteiger partial charge in [-0.3, -0.25) is 9.36 Å². The van der Waals surface area contributed by atoms with E-state index in [0.29, 0.717) is 6.07 Å². The molecule has 0 spiro atoms. The van der Waals surface area contributed by atoms with Crippen LogP contribution in [-0.4, -0.2) is 21.2 Å². The van der Waals surface area contributed by atoms with Gasteiger partial charge in [-0.05, 0) is 52.0 Å². The van der Waals surface area contributed by atoms with Gasteiger partial charge in [-0.2, -0.15) is 0 Å². The Labute approximate surface area is 186 Å². The van der Waals surface area contributed by atoms with Gasteiger partial charge < -0.3 is 10.1 Å². The van der Waals surface area contributed by atoms with E-state index in [-0.39, 0.29) is 32.5 Å². The molecule has 3 aromatic rings. The van der Waals surface area contributed by atoms with Crippen molar-refractivity contribution in [1.29, 1.82) is 0 Å². The van der Waals surface area contributed by atoms with E-state index >= 15 is 0 Å². The fourth-order valence-electron chi connectivity index (χ4n) is 2.99. The monoisotopic (exact) mass is 469 g/mol. The zero-order valence-electron chi connectivity index (χ0n) is 17.1. The van der Waals surface area contributed by atoms with Crippen molar-refractivity contribution in [2.45, 2.75) is 39.3 Å². The summed E-state index contributed by atoms with van der Waals surface area (Å²) in [5.74, 6) is -1.80. The minimum Gasteiger partial charge on any atom is -0.444 e. The average Bonchev–Trinajstić information content (AvgIpc) is 2.61. The lowest BCUT2D eigenvalue weighted by Gasteiger charge is -2.23. The molecule has 0 fully saturated rings. The Hall–Kier alpha value is -2.71. The van der Waals surface area contributed by atoms with Crippen LogP contribution >= 0.6 is 23.2 Å². The van der Waals surface area contributed by atoms with Gasteiger partial charge in [-0.15, -0.1) is 0 Å². The molecule has 0 saturated carbocycles. The molecule has 31 heavy (non-hydrogen) atoms. The molecule has 2 aromatic carbocycles. The van der Waals surface area contributed by atoms with Gasteiger partial charge in [0.15, 0.2) is 0 Å². The molecule has 164 valence electrons. The van der Waals surface area contributed by atoms with E-state index < -0.39 is 34.9 Å². The zero-order valence-corrected chi connectivity index (χ0v) is 18.6. The maximum atomic E-state index is 13.9. The van der Waals surface area contributed by atoms with Gasteiger partial charge in [-0.1, -0.05) is 23.2 Å². The maximum Gasteiger partial charge on any atom is 0.408 e. The van der Waals surface area contributed by atoms with E-state index in [2.05, 4.69) is 10.3 Å². The Morgan fingerprint density at radius 2 is 1.71 bits per heavy atom. The van der Waals surface area contributed by atoms with E-state index in [0.717, 1.165) is 16.7 Å². The third-order valence-electron chi connectivity index (χ3n) is 4.18. The van der Waals surface area contributed by atoms with Crippen molar-refractivity contribution in [1.82, 2.24) is 14.9 Å². The number of nitrogens with one attached hydrogen (secondary N) is 1. The van der Waals surface area contributed by atoms with Crippen LogP contribution in [0.25, 0.3) is 16.6 Å². The van der Waals surface area contributed by atoms with Crippen LogP contribution in [0.5, 0.6) is 0 Å². The SMILES string of the molecule is C[C@H](NC(=O)OC(C)(C)C)c1nc2c(Cl)ccc(Cl)c2c(=O)n1-c1cc(F)cc(F)c1. The zero-order chi connectivity index (χ0) is 23.1. The quantitative estimate of drug-likeness (QED) is 0.545. The van der Waals surface area contributed by atoms with Gasteiger partial charge in [0, 0.05) is 6.07 Å². The first kappa shape index (κ1) is 23.0. The highest BCUT2D eigenvalue weighted by molar-refractivity contribution is 6.39. The Morgan fingerprint density at radius 1 is 1.13 bits per heavy atom. The molecule has 0 radical (unpaired) electrons. The number of nitrogens with zero attached hydrogens (tertiary/aromatic N) is 2. The molecule has 1 aromatic heterocycles. The fraction of sp³-hybridized carbons (Fsp3) is 0.286. The van der Waals surface area contributed by atoms with Crippen molar-refractivity contribution in [2.24, 2.45) is 0 Å². The number of carbonyl (C=O) groups is 1. The van der Waals surface area contributed by atoms with Crippen molar-refractivity contribution in [3.8, 4) is 5.69 Å². The number of rotatable bonds is 3. The number of hydrogen-bond donors (Lipinski definition) is 1. The number of benzene rings is 2. The summed E-state index contributed by atoms with van der Waals surface area (Å²) in [7, 11) is 0. The molecule has 3 rings (SSSR count). The van der Waals surface area contributed by atoms with Gasteiger partial charge in [0.05, 0.1) is 32.7 Å². The molecule has 0 saturated heterocycles. The van der Waals surface area contributed by atoms with Crippen LogP contribution in [0, 0.1) is 11.6 Å². The second-order valence-corrected chi connectivity index (χ2v) is 8.67. The number of fused-ring (bicyclic) bond motifs is 1. The third kappa shape index (κ3) is 4.97. The summed E-state index contributed by atoms with van der Waals surface area (Å²) in [5, 5.41) is 2.77. The first-order valence-electron chi connectivity index (χ1n) is 9.24. The second kappa shape index (κ2) is 8.43. The molecular formula is C21H19Cl2F2N3O3. The van der Waals surface area contributed by atoms with E-state index in [9.17, 15) is 18.4 Å². The number of alkyl carbamates (subject to hydrolysis) is 1. The minimum atomic E-state index is -0.895. The molecule has 1 atom stereocenters. The smallest absolute Gasteiger partial charge is 0.408 e. The maximum absolute atomic E-state index is 13.9. The molecule has 0 aliphatic carbocycles. The summed E-state index contributed by atoms with van der Waals surface area (Å²) in [5.41, 5.74) is -1.49. The van der Waals surface area contributed by atoms with Gasteiger partial charge in [-0.25, -0.2) is 18.6 Å². The van der Waals surface area contributed by atoms with Gasteiger partial charge in [0.2, 0.25) is 0 Å². The molecule has 10 heteroatoms. The first-order chi connectivity index (χ1) is 14.4. The van der Waals surface area contributed by atoms with Crippen LogP contribution < -0.4 is 10.9 Å². The largest absolute Gasteiger partial charge is 0.444 e. The highest BCUT2D eigenvalue weighted by atomic mass is 35.5. The topological polar surface area (TPSA) is 73.2 Å². The molecule has 1 N–H and O–H groups in total. The van der Waals surface area contributed by atoms with Gasteiger partial charge in [0.1, 0.15) is 23.1 Å². The molecule has 6 nitrogen and oxygen atoms in total. The molecule has 0 bridgehead atoms. The van der Waals surface area contributed by atoms with Crippen molar-refractivity contribution in [3.05, 3.63) is 68.2 Å². The summed E-state index contributed by atoms with van der Waals surface area (Å²) in [6.45, 7) is 6.62. The van der Waals surface area contributed by atoms with Crippen molar-refractivity contribution >= 4 is 40.2 Å². The number of halogens is 4. The molecule has 1 amide bonds. The Kier molecular flexibility index (Phi) is 6.25. The normalized spacial score (nSPS) is 12.6. The molecular weight excluding hydrogens is 451 g/mol. The Bertz CT molecular complexity index is 1220. The summed E-state index contributed by atoms with van der Waals surface area (Å²) in [6, 6.07) is 4.62.